The highest BCUT2D eigenvalue weighted by molar-refractivity contribution is 6.31. The molecule has 168 valence electrons. The van der Waals surface area contributed by atoms with Crippen molar-refractivity contribution in [2.45, 2.75) is 6.54 Å². The van der Waals surface area contributed by atoms with Crippen LogP contribution in [0.2, 0.25) is 5.02 Å². The first kappa shape index (κ1) is 20.9. The van der Waals surface area contributed by atoms with Gasteiger partial charge in [0.2, 0.25) is 5.82 Å². The molecule has 3 heterocycles. The Hall–Kier alpha value is -4.67. The molecule has 0 spiro atoms. The van der Waals surface area contributed by atoms with Gasteiger partial charge in [-0.1, -0.05) is 41.9 Å². The number of hydrogen-bond acceptors (Lipinski definition) is 5. The van der Waals surface area contributed by atoms with E-state index >= 15 is 0 Å². The van der Waals surface area contributed by atoms with Crippen LogP contribution in [0.25, 0.3) is 44.4 Å². The van der Waals surface area contributed by atoms with E-state index in [-0.39, 0.29) is 17.9 Å². The molecule has 0 aliphatic carbocycles. The van der Waals surface area contributed by atoms with Crippen LogP contribution in [0.3, 0.4) is 0 Å². The number of rotatable bonds is 4. The van der Waals surface area contributed by atoms with Gasteiger partial charge in [-0.25, -0.2) is 4.98 Å². The molecule has 0 unspecified atom stereocenters. The van der Waals surface area contributed by atoms with Gasteiger partial charge in [0.1, 0.15) is 12.1 Å². The number of furan rings is 1. The fourth-order valence-electron chi connectivity index (χ4n) is 4.22. The molecule has 3 aromatic heterocycles. The second kappa shape index (κ2) is 8.28. The minimum atomic E-state index is -0.318. The summed E-state index contributed by atoms with van der Waals surface area (Å²) in [6.45, 7) is 0.207. The fraction of sp³-hybridized carbons (Fsp3) is 0.0370. The number of hydrogen-bond donors (Lipinski definition) is 0. The summed E-state index contributed by atoms with van der Waals surface area (Å²) in [5, 5.41) is 16.5. The van der Waals surface area contributed by atoms with Gasteiger partial charge in [-0.3, -0.25) is 4.79 Å². The van der Waals surface area contributed by atoms with Crippen molar-refractivity contribution < 1.29 is 4.42 Å². The van der Waals surface area contributed by atoms with Gasteiger partial charge in [0.05, 0.1) is 23.2 Å². The summed E-state index contributed by atoms with van der Waals surface area (Å²) in [5.74, 6) is 0.673. The van der Waals surface area contributed by atoms with E-state index < -0.39 is 0 Å². The van der Waals surface area contributed by atoms with Crippen molar-refractivity contribution in [1.82, 2.24) is 14.2 Å². The summed E-state index contributed by atoms with van der Waals surface area (Å²) in [4.78, 5) is 18.2. The van der Waals surface area contributed by atoms with Gasteiger partial charge >= 0.3 is 0 Å². The van der Waals surface area contributed by atoms with Gasteiger partial charge in [-0.15, -0.1) is 0 Å². The normalized spacial score (nSPS) is 11.7. The maximum absolute atomic E-state index is 13.5. The average Bonchev–Trinajstić information content (AvgIpc) is 3.45. The molecule has 0 amide bonds. The van der Waals surface area contributed by atoms with Crippen LogP contribution in [-0.2, 0) is 6.54 Å². The molecule has 0 bridgehead atoms. The summed E-state index contributed by atoms with van der Waals surface area (Å²) in [7, 11) is 0. The molecule has 6 rings (SSSR count). The Morgan fingerprint density at radius 1 is 1.06 bits per heavy atom. The molecule has 0 saturated heterocycles. The Morgan fingerprint density at radius 2 is 1.86 bits per heavy atom. The summed E-state index contributed by atoms with van der Waals surface area (Å²) < 4.78 is 9.11. The van der Waals surface area contributed by atoms with Gasteiger partial charge in [-0.2, -0.15) is 15.0 Å². The topological polar surface area (TPSA) is 89.1 Å². The predicted octanol–water partition coefficient (Wildman–Crippen LogP) is 5.82. The Morgan fingerprint density at radius 3 is 2.71 bits per heavy atom. The van der Waals surface area contributed by atoms with Crippen LogP contribution < -0.4 is 5.56 Å². The number of halogens is 1. The lowest BCUT2D eigenvalue weighted by Gasteiger charge is -2.07. The standard InChI is InChI=1S/C27H16ClN5O2/c28-19-9-10-24-17(13-19)14-25(35-24)26-31-22-7-3-1-6-21(22)27(34)33(26)30-15-18-16-32(12-11-29)23-8-4-2-5-20(18)23/h1-10,13-16H,12H2. The second-order valence-electron chi connectivity index (χ2n) is 7.99. The highest BCUT2D eigenvalue weighted by Gasteiger charge is 2.17. The Kier molecular flexibility index (Phi) is 4.94. The van der Waals surface area contributed by atoms with Gasteiger partial charge in [0.15, 0.2) is 5.76 Å². The summed E-state index contributed by atoms with van der Waals surface area (Å²) >= 11 is 6.14. The van der Waals surface area contributed by atoms with Crippen molar-refractivity contribution in [3.63, 3.8) is 0 Å². The van der Waals surface area contributed by atoms with E-state index in [0.717, 1.165) is 21.9 Å². The van der Waals surface area contributed by atoms with Crippen LogP contribution in [0.5, 0.6) is 0 Å². The van der Waals surface area contributed by atoms with Crippen LogP contribution in [0.1, 0.15) is 5.56 Å². The Balaban J connectivity index is 1.57. The molecule has 0 fully saturated rings. The Bertz CT molecular complexity index is 1890. The average molecular weight is 478 g/mol. The largest absolute Gasteiger partial charge is 0.453 e. The van der Waals surface area contributed by atoms with Gasteiger partial charge < -0.3 is 8.98 Å². The zero-order valence-corrected chi connectivity index (χ0v) is 19.0. The molecule has 8 heteroatoms. The monoisotopic (exact) mass is 477 g/mol. The van der Waals surface area contributed by atoms with Gasteiger partial charge in [0.25, 0.3) is 5.56 Å². The molecule has 7 nitrogen and oxygen atoms in total. The van der Waals surface area contributed by atoms with Gasteiger partial charge in [-0.05, 0) is 42.5 Å². The summed E-state index contributed by atoms with van der Waals surface area (Å²) in [6, 6.07) is 24.1. The van der Waals surface area contributed by atoms with Crippen molar-refractivity contribution in [3.05, 3.63) is 99.9 Å². The molecular formula is C27H16ClN5O2. The highest BCUT2D eigenvalue weighted by Crippen LogP contribution is 2.29. The predicted molar refractivity (Wildman–Crippen MR) is 137 cm³/mol. The molecular weight excluding hydrogens is 462 g/mol. The number of nitriles is 1. The first-order chi connectivity index (χ1) is 17.1. The van der Waals surface area contributed by atoms with E-state index in [2.05, 4.69) is 11.2 Å². The number of para-hydroxylation sites is 2. The molecule has 0 aliphatic rings. The fourth-order valence-corrected chi connectivity index (χ4v) is 4.40. The molecule has 0 atom stereocenters. The van der Waals surface area contributed by atoms with Crippen molar-refractivity contribution in [1.29, 1.82) is 5.26 Å². The zero-order chi connectivity index (χ0) is 23.9. The van der Waals surface area contributed by atoms with Crippen molar-refractivity contribution >= 4 is 50.6 Å². The molecule has 6 aromatic rings. The molecule has 3 aromatic carbocycles. The lowest BCUT2D eigenvalue weighted by molar-refractivity contribution is 0.616. The molecule has 0 aliphatic heterocycles. The van der Waals surface area contributed by atoms with Crippen LogP contribution >= 0.6 is 11.6 Å². The van der Waals surface area contributed by atoms with E-state index in [1.54, 1.807) is 48.7 Å². The molecule has 0 saturated carbocycles. The third-order valence-electron chi connectivity index (χ3n) is 5.83. The minimum Gasteiger partial charge on any atom is -0.453 e. The van der Waals surface area contributed by atoms with Crippen LogP contribution in [0.4, 0.5) is 0 Å². The van der Waals surface area contributed by atoms with E-state index in [1.165, 1.54) is 4.68 Å². The third-order valence-corrected chi connectivity index (χ3v) is 6.06. The first-order valence-corrected chi connectivity index (χ1v) is 11.2. The third kappa shape index (κ3) is 3.57. The molecule has 35 heavy (non-hydrogen) atoms. The summed E-state index contributed by atoms with van der Waals surface area (Å²) in [5.41, 5.74) is 2.54. The number of nitrogens with zero attached hydrogens (tertiary/aromatic N) is 5. The molecule has 0 radical (unpaired) electrons. The SMILES string of the molecule is N#CCn1cc(C=Nn2c(-c3cc4cc(Cl)ccc4o3)nc3ccccc3c2=O)c2ccccc21. The lowest BCUT2D eigenvalue weighted by Crippen LogP contribution is -2.20. The first-order valence-electron chi connectivity index (χ1n) is 10.8. The maximum atomic E-state index is 13.5. The number of aromatic nitrogens is 3. The van der Waals surface area contributed by atoms with Crippen molar-refractivity contribution in [2.24, 2.45) is 5.10 Å². The van der Waals surface area contributed by atoms with Crippen LogP contribution in [0.15, 0.2) is 93.3 Å². The second-order valence-corrected chi connectivity index (χ2v) is 8.43. The van der Waals surface area contributed by atoms with E-state index in [1.807, 2.05) is 41.1 Å². The van der Waals surface area contributed by atoms with E-state index in [4.69, 9.17) is 21.0 Å². The van der Waals surface area contributed by atoms with Crippen molar-refractivity contribution in [2.75, 3.05) is 0 Å². The summed E-state index contributed by atoms with van der Waals surface area (Å²) in [6.07, 6.45) is 3.46. The van der Waals surface area contributed by atoms with Crippen LogP contribution in [-0.4, -0.2) is 20.4 Å². The number of benzene rings is 3. The number of fused-ring (bicyclic) bond motifs is 3. The lowest BCUT2D eigenvalue weighted by atomic mass is 10.2. The van der Waals surface area contributed by atoms with Gasteiger partial charge in [0, 0.05) is 33.1 Å². The minimum absolute atomic E-state index is 0.207. The molecule has 0 N–H and O–H groups in total. The quantitative estimate of drug-likeness (QED) is 0.299. The van der Waals surface area contributed by atoms with Crippen LogP contribution in [0, 0.1) is 11.3 Å². The highest BCUT2D eigenvalue weighted by atomic mass is 35.5. The van der Waals surface area contributed by atoms with E-state index in [9.17, 15) is 10.1 Å². The van der Waals surface area contributed by atoms with Crippen molar-refractivity contribution in [3.8, 4) is 17.7 Å². The smallest absolute Gasteiger partial charge is 0.282 e. The van der Waals surface area contributed by atoms with E-state index in [0.29, 0.717) is 27.3 Å². The zero-order valence-electron chi connectivity index (χ0n) is 18.2. The maximum Gasteiger partial charge on any atom is 0.282 e. The Labute approximate surface area is 203 Å².